The molecule has 2 aliphatic rings. The Morgan fingerprint density at radius 2 is 1.65 bits per heavy atom. The normalized spacial score (nSPS) is 19.1. The molecule has 7 nitrogen and oxygen atoms in total. The fraction of sp³-hybridized carbons (Fsp3) is 0.625. The summed E-state index contributed by atoms with van der Waals surface area (Å²) in [6.07, 6.45) is 9.97. The first kappa shape index (κ1) is 21.8. The minimum absolute atomic E-state index is 0.0255. The molecule has 1 amide bonds. The molecule has 4 rings (SSSR count). The third-order valence-electron chi connectivity index (χ3n) is 6.58. The van der Waals surface area contributed by atoms with Crippen LogP contribution in [-0.4, -0.2) is 59.7 Å². The monoisotopic (exact) mass is 425 g/mol. The summed E-state index contributed by atoms with van der Waals surface area (Å²) in [5.74, 6) is 0.178. The number of hydrogen-bond donors (Lipinski definition) is 1. The van der Waals surface area contributed by atoms with E-state index in [9.17, 15) is 4.79 Å². The Balaban J connectivity index is 1.27. The van der Waals surface area contributed by atoms with E-state index >= 15 is 0 Å². The summed E-state index contributed by atoms with van der Waals surface area (Å²) < 4.78 is 5.22. The molecule has 0 spiro atoms. The number of carbonyl (C=O) groups is 1. The molecule has 0 unspecified atom stereocenters. The number of piperidine rings is 1. The third-order valence-corrected chi connectivity index (χ3v) is 6.58. The molecule has 0 bridgehead atoms. The molecule has 0 radical (unpaired) electrons. The molecule has 2 saturated heterocycles. The molecule has 31 heavy (non-hydrogen) atoms. The smallest absolute Gasteiger partial charge is 0.316 e. The van der Waals surface area contributed by atoms with Crippen LogP contribution >= 0.6 is 0 Å². The highest BCUT2D eigenvalue weighted by Gasteiger charge is 2.19. The minimum atomic E-state index is -0.299. The lowest BCUT2D eigenvalue weighted by atomic mass is 10.1. The van der Waals surface area contributed by atoms with Crippen molar-refractivity contribution in [2.75, 3.05) is 37.6 Å². The van der Waals surface area contributed by atoms with Crippen LogP contribution < -0.4 is 10.2 Å². The summed E-state index contributed by atoms with van der Waals surface area (Å²) in [5, 5.41) is 6.94. The van der Waals surface area contributed by atoms with Crippen LogP contribution in [0.3, 0.4) is 0 Å². The van der Waals surface area contributed by atoms with E-state index in [-0.39, 0.29) is 11.8 Å². The summed E-state index contributed by atoms with van der Waals surface area (Å²) in [6, 6.07) is 8.66. The van der Waals surface area contributed by atoms with Gasteiger partial charge in [-0.3, -0.25) is 4.79 Å². The van der Waals surface area contributed by atoms with E-state index in [1.807, 2.05) is 12.1 Å². The van der Waals surface area contributed by atoms with E-state index in [1.54, 1.807) is 0 Å². The lowest BCUT2D eigenvalue weighted by molar-refractivity contribution is 0.0904. The fourth-order valence-corrected chi connectivity index (χ4v) is 4.60. The average molecular weight is 426 g/mol. The van der Waals surface area contributed by atoms with Gasteiger partial charge in [0.15, 0.2) is 0 Å². The Hall–Kier alpha value is -2.41. The Bertz CT molecular complexity index is 821. The first-order valence-electron chi connectivity index (χ1n) is 11.9. The second-order valence-corrected chi connectivity index (χ2v) is 8.86. The Morgan fingerprint density at radius 1 is 1.00 bits per heavy atom. The maximum atomic E-state index is 12.4. The minimum Gasteiger partial charge on any atom is -0.372 e. The number of likely N-dealkylation sites (tertiary alicyclic amines) is 1. The highest BCUT2D eigenvalue weighted by molar-refractivity contribution is 5.89. The largest absolute Gasteiger partial charge is 0.372 e. The predicted molar refractivity (Wildman–Crippen MR) is 122 cm³/mol. The predicted octanol–water partition coefficient (Wildman–Crippen LogP) is 4.11. The summed E-state index contributed by atoms with van der Waals surface area (Å²) in [4.78, 5) is 21.7. The van der Waals surface area contributed by atoms with Crippen molar-refractivity contribution in [3.8, 4) is 11.4 Å². The van der Waals surface area contributed by atoms with Crippen LogP contribution in [0.2, 0.25) is 0 Å². The van der Waals surface area contributed by atoms with Gasteiger partial charge in [0.05, 0.1) is 0 Å². The molecule has 2 fully saturated rings. The van der Waals surface area contributed by atoms with Gasteiger partial charge in [-0.1, -0.05) is 18.0 Å². The van der Waals surface area contributed by atoms with Crippen LogP contribution in [-0.2, 0) is 0 Å². The van der Waals surface area contributed by atoms with Gasteiger partial charge in [-0.05, 0) is 82.8 Å². The molecule has 2 aliphatic heterocycles. The second-order valence-electron chi connectivity index (χ2n) is 8.86. The van der Waals surface area contributed by atoms with Gasteiger partial charge in [0, 0.05) is 36.9 Å². The summed E-state index contributed by atoms with van der Waals surface area (Å²) in [6.45, 7) is 7.41. The number of rotatable bonds is 7. The molecule has 1 atom stereocenters. The van der Waals surface area contributed by atoms with Gasteiger partial charge in [0.25, 0.3) is 0 Å². The average Bonchev–Trinajstić information content (AvgIpc) is 3.15. The second kappa shape index (κ2) is 10.8. The van der Waals surface area contributed by atoms with Gasteiger partial charge in [0.1, 0.15) is 0 Å². The number of carbonyl (C=O) groups excluding carboxylic acids is 1. The van der Waals surface area contributed by atoms with Crippen LogP contribution in [0.25, 0.3) is 11.4 Å². The molecule has 1 aromatic heterocycles. The van der Waals surface area contributed by atoms with Gasteiger partial charge in [-0.2, -0.15) is 4.98 Å². The van der Waals surface area contributed by atoms with E-state index in [4.69, 9.17) is 4.52 Å². The Labute approximate surface area is 185 Å². The maximum Gasteiger partial charge on any atom is 0.316 e. The van der Waals surface area contributed by atoms with E-state index in [1.165, 1.54) is 63.7 Å². The van der Waals surface area contributed by atoms with Crippen LogP contribution in [0.5, 0.6) is 0 Å². The maximum absolute atomic E-state index is 12.4. The van der Waals surface area contributed by atoms with Crippen LogP contribution in [0, 0.1) is 0 Å². The molecule has 3 heterocycles. The molecule has 0 aliphatic carbocycles. The lowest BCUT2D eigenvalue weighted by Crippen LogP contribution is -2.37. The van der Waals surface area contributed by atoms with Gasteiger partial charge >= 0.3 is 11.8 Å². The zero-order chi connectivity index (χ0) is 21.5. The molecular weight excluding hydrogens is 390 g/mol. The van der Waals surface area contributed by atoms with Crippen molar-refractivity contribution in [3.63, 3.8) is 0 Å². The zero-order valence-corrected chi connectivity index (χ0v) is 18.7. The molecule has 1 aromatic carbocycles. The standard InChI is InChI=1S/C24H35N5O2/c1-19(28-15-5-2-3-6-16-28)13-14-25-23(30)24-26-22(27-31-24)20-9-11-21(12-10-20)29-17-7-4-8-18-29/h9-12,19H,2-8,13-18H2,1H3,(H,25,30)/t19-/m0/s1. The van der Waals surface area contributed by atoms with Crippen LogP contribution in [0.4, 0.5) is 5.69 Å². The molecule has 2 aromatic rings. The van der Waals surface area contributed by atoms with Crippen molar-refractivity contribution in [1.29, 1.82) is 0 Å². The fourth-order valence-electron chi connectivity index (χ4n) is 4.60. The van der Waals surface area contributed by atoms with Gasteiger partial charge in [-0.25, -0.2) is 0 Å². The first-order valence-corrected chi connectivity index (χ1v) is 11.9. The number of nitrogens with zero attached hydrogens (tertiary/aromatic N) is 4. The molecular formula is C24H35N5O2. The van der Waals surface area contributed by atoms with E-state index in [0.717, 1.165) is 25.1 Å². The Morgan fingerprint density at radius 3 is 2.35 bits per heavy atom. The molecule has 0 saturated carbocycles. The number of anilines is 1. The van der Waals surface area contributed by atoms with Crippen molar-refractivity contribution in [3.05, 3.63) is 30.2 Å². The zero-order valence-electron chi connectivity index (χ0n) is 18.7. The number of nitrogens with one attached hydrogen (secondary N) is 1. The summed E-state index contributed by atoms with van der Waals surface area (Å²) >= 11 is 0. The number of hydrogen-bond acceptors (Lipinski definition) is 6. The highest BCUT2D eigenvalue weighted by atomic mass is 16.5. The number of amides is 1. The number of aromatic nitrogens is 2. The van der Waals surface area contributed by atoms with Crippen LogP contribution in [0.15, 0.2) is 28.8 Å². The highest BCUT2D eigenvalue weighted by Crippen LogP contribution is 2.23. The van der Waals surface area contributed by atoms with Crippen LogP contribution in [0.1, 0.15) is 69.0 Å². The Kier molecular flexibility index (Phi) is 7.57. The lowest BCUT2D eigenvalue weighted by Gasteiger charge is -2.28. The van der Waals surface area contributed by atoms with Crippen molar-refractivity contribution >= 4 is 11.6 Å². The van der Waals surface area contributed by atoms with E-state index < -0.39 is 0 Å². The van der Waals surface area contributed by atoms with Crippen molar-refractivity contribution in [1.82, 2.24) is 20.4 Å². The van der Waals surface area contributed by atoms with Crippen molar-refractivity contribution in [2.24, 2.45) is 0 Å². The van der Waals surface area contributed by atoms with Crippen molar-refractivity contribution in [2.45, 2.75) is 64.3 Å². The summed E-state index contributed by atoms with van der Waals surface area (Å²) in [7, 11) is 0. The SMILES string of the molecule is C[C@@H](CCNC(=O)c1nc(-c2ccc(N3CCCCC3)cc2)no1)N1CCCCCC1. The molecule has 1 N–H and O–H groups in total. The third kappa shape index (κ3) is 5.85. The molecule has 168 valence electrons. The van der Waals surface area contributed by atoms with Gasteiger partial charge < -0.3 is 19.6 Å². The van der Waals surface area contributed by atoms with E-state index in [2.05, 4.69) is 44.3 Å². The van der Waals surface area contributed by atoms with Crippen molar-refractivity contribution < 1.29 is 9.32 Å². The summed E-state index contributed by atoms with van der Waals surface area (Å²) in [5.41, 5.74) is 2.08. The van der Waals surface area contributed by atoms with Gasteiger partial charge in [-0.15, -0.1) is 0 Å². The van der Waals surface area contributed by atoms with Gasteiger partial charge in [0.2, 0.25) is 5.82 Å². The number of benzene rings is 1. The quantitative estimate of drug-likeness (QED) is 0.720. The first-order chi connectivity index (χ1) is 15.2. The topological polar surface area (TPSA) is 74.5 Å². The van der Waals surface area contributed by atoms with E-state index in [0.29, 0.717) is 18.4 Å². The molecule has 7 heteroatoms.